The Kier molecular flexibility index (Phi) is 5.69. The molecule has 0 aliphatic carbocycles. The molecular weight excluding hydrogens is 475 g/mol. The number of alkyl halides is 4. The van der Waals surface area contributed by atoms with Gasteiger partial charge < -0.3 is 15.0 Å². The van der Waals surface area contributed by atoms with E-state index >= 15 is 4.39 Å². The molecule has 1 aliphatic heterocycles. The number of hydrogen-bond donors (Lipinski definition) is 1. The summed E-state index contributed by atoms with van der Waals surface area (Å²) in [6.07, 6.45) is -1.41. The Hall–Kier alpha value is -3.55. The molecule has 1 N–H and O–H groups in total. The van der Waals surface area contributed by atoms with E-state index in [-0.39, 0.29) is 29.3 Å². The molecule has 0 spiro atoms. The van der Waals surface area contributed by atoms with Gasteiger partial charge in [-0.2, -0.15) is 4.98 Å². The monoisotopic (exact) mass is 496 g/mol. The van der Waals surface area contributed by atoms with Crippen LogP contribution in [0.1, 0.15) is 6.42 Å². The average molecular weight is 496 g/mol. The van der Waals surface area contributed by atoms with Crippen LogP contribution in [0.2, 0.25) is 0 Å². The number of fused-ring (bicyclic) bond motifs is 2. The first-order chi connectivity index (χ1) is 16.7. The Morgan fingerprint density at radius 1 is 1.29 bits per heavy atom. The fourth-order valence-corrected chi connectivity index (χ4v) is 4.33. The molecule has 0 radical (unpaired) electrons. The van der Waals surface area contributed by atoms with Crippen LogP contribution in [0, 0.1) is 5.82 Å². The van der Waals surface area contributed by atoms with Crippen molar-refractivity contribution in [1.29, 1.82) is 0 Å². The van der Waals surface area contributed by atoms with E-state index in [9.17, 15) is 17.6 Å². The van der Waals surface area contributed by atoms with Gasteiger partial charge in [-0.3, -0.25) is 0 Å². The van der Waals surface area contributed by atoms with Crippen molar-refractivity contribution in [2.75, 3.05) is 32.6 Å². The highest BCUT2D eigenvalue weighted by Gasteiger charge is 2.44. The van der Waals surface area contributed by atoms with Crippen LogP contribution in [0.15, 0.2) is 24.4 Å². The number of rotatable bonds is 6. The smallest absolute Gasteiger partial charge is 0.280 e. The molecule has 5 rings (SSSR count). The van der Waals surface area contributed by atoms with E-state index in [0.29, 0.717) is 23.1 Å². The van der Waals surface area contributed by atoms with Crippen LogP contribution >= 0.6 is 0 Å². The lowest BCUT2D eigenvalue weighted by molar-refractivity contribution is -0.0675. The van der Waals surface area contributed by atoms with Gasteiger partial charge in [-0.05, 0) is 31.2 Å². The standard InChI is InChI=1S/C21H21F5N8O/c1-32-6-5-15(21(25,26)10-32)27-20-28-19(35-2)18-17(12(22)8-34(18)30-20)11-3-4-13-14(7-11)33(31-29-13)9-16(23)24/h3-4,7-8,15-16H,5-6,9-10H2,1-2H3,(H,27,30)/t15-/m1/s1. The van der Waals surface area contributed by atoms with Gasteiger partial charge in [0.1, 0.15) is 17.6 Å². The van der Waals surface area contributed by atoms with Gasteiger partial charge in [0.25, 0.3) is 12.3 Å². The number of piperidine rings is 1. The Morgan fingerprint density at radius 2 is 2.09 bits per heavy atom. The zero-order valence-corrected chi connectivity index (χ0v) is 18.7. The van der Waals surface area contributed by atoms with Gasteiger partial charge in [-0.15, -0.1) is 10.2 Å². The van der Waals surface area contributed by atoms with Crippen molar-refractivity contribution < 1.29 is 26.7 Å². The van der Waals surface area contributed by atoms with Gasteiger partial charge >= 0.3 is 0 Å². The number of aromatic nitrogens is 6. The quantitative estimate of drug-likeness (QED) is 0.410. The van der Waals surface area contributed by atoms with Gasteiger partial charge in [-0.25, -0.2) is 31.1 Å². The van der Waals surface area contributed by atoms with Gasteiger partial charge in [0.2, 0.25) is 11.8 Å². The largest absolute Gasteiger partial charge is 0.479 e. The zero-order valence-electron chi connectivity index (χ0n) is 18.7. The third-order valence-electron chi connectivity index (χ3n) is 5.95. The maximum Gasteiger partial charge on any atom is 0.280 e. The molecule has 4 heterocycles. The summed E-state index contributed by atoms with van der Waals surface area (Å²) < 4.78 is 77.5. The van der Waals surface area contributed by atoms with Gasteiger partial charge in [0.05, 0.1) is 37.0 Å². The molecule has 0 bridgehead atoms. The second kappa shape index (κ2) is 8.59. The molecule has 1 aromatic carbocycles. The summed E-state index contributed by atoms with van der Waals surface area (Å²) in [5.74, 6) is -3.89. The maximum absolute atomic E-state index is 15.2. The third kappa shape index (κ3) is 4.22. The van der Waals surface area contributed by atoms with Crippen LogP contribution in [0.5, 0.6) is 5.88 Å². The minimum absolute atomic E-state index is 0.0445. The second-order valence-electron chi connectivity index (χ2n) is 8.44. The first kappa shape index (κ1) is 23.2. The molecule has 0 saturated carbocycles. The molecule has 1 aliphatic rings. The minimum atomic E-state index is -3.02. The third-order valence-corrected chi connectivity index (χ3v) is 5.95. The number of halogens is 5. The van der Waals surface area contributed by atoms with Crippen LogP contribution in [-0.4, -0.2) is 80.1 Å². The van der Waals surface area contributed by atoms with Crippen molar-refractivity contribution in [2.24, 2.45) is 0 Å². The number of nitrogens with zero attached hydrogens (tertiary/aromatic N) is 7. The molecule has 35 heavy (non-hydrogen) atoms. The van der Waals surface area contributed by atoms with E-state index < -0.39 is 37.3 Å². The maximum atomic E-state index is 15.2. The molecule has 0 unspecified atom stereocenters. The highest BCUT2D eigenvalue weighted by atomic mass is 19.3. The molecule has 14 heteroatoms. The number of methoxy groups -OCH3 is 1. The van der Waals surface area contributed by atoms with Gasteiger partial charge in [-0.1, -0.05) is 11.3 Å². The summed E-state index contributed by atoms with van der Waals surface area (Å²) >= 11 is 0. The van der Waals surface area contributed by atoms with E-state index in [0.717, 1.165) is 15.4 Å². The lowest BCUT2D eigenvalue weighted by atomic mass is 10.0. The molecule has 1 saturated heterocycles. The molecule has 3 aromatic heterocycles. The second-order valence-corrected chi connectivity index (χ2v) is 8.44. The number of hydrogen-bond acceptors (Lipinski definition) is 7. The fourth-order valence-electron chi connectivity index (χ4n) is 4.33. The van der Waals surface area contributed by atoms with Gasteiger partial charge in [0.15, 0.2) is 5.82 Å². The summed E-state index contributed by atoms with van der Waals surface area (Å²) in [5, 5.41) is 14.4. The predicted octanol–water partition coefficient (Wildman–Crippen LogP) is 3.31. The number of benzene rings is 1. The van der Waals surface area contributed by atoms with E-state index in [1.54, 1.807) is 13.1 Å². The van der Waals surface area contributed by atoms with Crippen molar-refractivity contribution in [3.63, 3.8) is 0 Å². The van der Waals surface area contributed by atoms with Crippen LogP contribution in [0.25, 0.3) is 27.7 Å². The van der Waals surface area contributed by atoms with Crippen molar-refractivity contribution in [2.45, 2.75) is 31.4 Å². The van der Waals surface area contributed by atoms with Crippen molar-refractivity contribution in [3.8, 4) is 17.0 Å². The van der Waals surface area contributed by atoms with Crippen LogP contribution in [0.3, 0.4) is 0 Å². The van der Waals surface area contributed by atoms with E-state index in [2.05, 4.69) is 25.7 Å². The van der Waals surface area contributed by atoms with Crippen LogP contribution in [-0.2, 0) is 6.54 Å². The minimum Gasteiger partial charge on any atom is -0.479 e. The number of likely N-dealkylation sites (tertiary alicyclic amines) is 1. The summed E-state index contributed by atoms with van der Waals surface area (Å²) in [6.45, 7) is -0.609. The topological polar surface area (TPSA) is 85.4 Å². The molecule has 1 atom stereocenters. The molecule has 4 aromatic rings. The number of ether oxygens (including phenoxy) is 1. The van der Waals surface area contributed by atoms with E-state index in [1.165, 1.54) is 24.1 Å². The summed E-state index contributed by atoms with van der Waals surface area (Å²) in [6, 6.07) is 3.38. The first-order valence-electron chi connectivity index (χ1n) is 10.7. The summed E-state index contributed by atoms with van der Waals surface area (Å²) in [5.41, 5.74) is 1.21. The predicted molar refractivity (Wildman–Crippen MR) is 116 cm³/mol. The molecule has 0 amide bonds. The molecule has 1 fully saturated rings. The highest BCUT2D eigenvalue weighted by Crippen LogP contribution is 2.36. The fraction of sp³-hybridized carbons (Fsp3) is 0.429. The highest BCUT2D eigenvalue weighted by molar-refractivity contribution is 5.89. The van der Waals surface area contributed by atoms with Crippen molar-refractivity contribution in [3.05, 3.63) is 30.2 Å². The number of nitrogens with one attached hydrogen (secondary N) is 1. The summed E-state index contributed by atoms with van der Waals surface area (Å²) in [7, 11) is 2.93. The first-order valence-corrected chi connectivity index (χ1v) is 10.7. The lowest BCUT2D eigenvalue weighted by Crippen LogP contribution is -2.53. The normalized spacial score (nSPS) is 18.6. The Bertz CT molecular complexity index is 1390. The van der Waals surface area contributed by atoms with Gasteiger partial charge in [0, 0.05) is 6.54 Å². The Balaban J connectivity index is 1.56. The lowest BCUT2D eigenvalue weighted by Gasteiger charge is -2.36. The summed E-state index contributed by atoms with van der Waals surface area (Å²) in [4.78, 5) is 5.74. The zero-order chi connectivity index (χ0) is 24.9. The SMILES string of the molecule is COc1nc(N[C@@H]2CCN(C)CC2(F)F)nn2cc(F)c(-c3ccc4nnn(CC(F)F)c4c3)c12. The Labute approximate surface area is 195 Å². The Morgan fingerprint density at radius 3 is 2.80 bits per heavy atom. The van der Waals surface area contributed by atoms with Crippen LogP contribution in [0.4, 0.5) is 27.9 Å². The molecular formula is C21H21F5N8O. The average Bonchev–Trinajstić information content (AvgIpc) is 3.33. The van der Waals surface area contributed by atoms with Crippen molar-refractivity contribution >= 4 is 22.5 Å². The number of anilines is 1. The molecule has 9 nitrogen and oxygen atoms in total. The van der Waals surface area contributed by atoms with E-state index in [1.807, 2.05) is 0 Å². The van der Waals surface area contributed by atoms with Crippen molar-refractivity contribution in [1.82, 2.24) is 34.5 Å². The van der Waals surface area contributed by atoms with Crippen LogP contribution < -0.4 is 10.1 Å². The van der Waals surface area contributed by atoms with E-state index in [4.69, 9.17) is 4.74 Å². The molecule has 186 valence electrons.